The molecule has 1 saturated carbocycles. The van der Waals surface area contributed by atoms with Gasteiger partial charge in [0.05, 0.1) is 0 Å². The van der Waals surface area contributed by atoms with Gasteiger partial charge in [0, 0.05) is 5.41 Å². The first kappa shape index (κ1) is 12.0. The predicted molar refractivity (Wildman–Crippen MR) is 84.6 cm³/mol. The Labute approximate surface area is 121 Å². The average Bonchev–Trinajstić information content (AvgIpc) is 2.97. The summed E-state index contributed by atoms with van der Waals surface area (Å²) in [5.74, 6) is 0. The third kappa shape index (κ3) is 1.37. The fourth-order valence-electron chi connectivity index (χ4n) is 4.44. The van der Waals surface area contributed by atoms with Gasteiger partial charge in [-0.2, -0.15) is 0 Å². The van der Waals surface area contributed by atoms with Crippen LogP contribution in [0.15, 0.2) is 71.4 Å². The van der Waals surface area contributed by atoms with Crippen LogP contribution < -0.4 is 0 Å². The molecule has 1 aromatic carbocycles. The van der Waals surface area contributed by atoms with Crippen LogP contribution in [0.5, 0.6) is 0 Å². The molecule has 0 atom stereocenters. The maximum atomic E-state index is 4.40. The lowest BCUT2D eigenvalue weighted by Crippen LogP contribution is -2.22. The van der Waals surface area contributed by atoms with Crippen LogP contribution in [0.4, 0.5) is 0 Å². The summed E-state index contributed by atoms with van der Waals surface area (Å²) < 4.78 is 0. The highest BCUT2D eigenvalue weighted by Gasteiger charge is 2.50. The van der Waals surface area contributed by atoms with Crippen LogP contribution in [-0.4, -0.2) is 0 Å². The highest BCUT2D eigenvalue weighted by molar-refractivity contribution is 5.71. The zero-order valence-corrected chi connectivity index (χ0v) is 12.1. The molecule has 0 heteroatoms. The van der Waals surface area contributed by atoms with Crippen LogP contribution in [0.2, 0.25) is 0 Å². The van der Waals surface area contributed by atoms with Gasteiger partial charge in [0.15, 0.2) is 0 Å². The van der Waals surface area contributed by atoms with E-state index in [1.807, 2.05) is 0 Å². The molecule has 1 aromatic rings. The van der Waals surface area contributed by atoms with E-state index < -0.39 is 0 Å². The number of hydrogen-bond acceptors (Lipinski definition) is 0. The maximum absolute atomic E-state index is 4.40. The highest BCUT2D eigenvalue weighted by Crippen LogP contribution is 2.60. The van der Waals surface area contributed by atoms with E-state index in [4.69, 9.17) is 0 Å². The Balaban J connectivity index is 1.92. The van der Waals surface area contributed by atoms with Crippen molar-refractivity contribution < 1.29 is 0 Å². The molecule has 0 unspecified atom stereocenters. The van der Waals surface area contributed by atoms with Gasteiger partial charge in [0.1, 0.15) is 0 Å². The largest absolute Gasteiger partial charge is 0.0909 e. The molecule has 0 amide bonds. The fourth-order valence-corrected chi connectivity index (χ4v) is 4.44. The van der Waals surface area contributed by atoms with Crippen molar-refractivity contribution in [3.8, 4) is 0 Å². The van der Waals surface area contributed by atoms with E-state index in [0.717, 1.165) is 19.3 Å². The van der Waals surface area contributed by atoms with Gasteiger partial charge in [-0.25, -0.2) is 0 Å². The van der Waals surface area contributed by atoms with E-state index in [0.29, 0.717) is 0 Å². The van der Waals surface area contributed by atoms with E-state index in [-0.39, 0.29) is 5.41 Å². The number of fused-ring (bicyclic) bond motifs is 3. The zero-order valence-electron chi connectivity index (χ0n) is 12.1. The lowest BCUT2D eigenvalue weighted by Gasteiger charge is -2.28. The number of rotatable bonds is 0. The van der Waals surface area contributed by atoms with Gasteiger partial charge in [-0.3, -0.25) is 0 Å². The third-order valence-electron chi connectivity index (χ3n) is 5.23. The second-order valence-electron chi connectivity index (χ2n) is 6.20. The number of benzene rings is 1. The molecule has 1 fully saturated rings. The Bertz CT molecular complexity index is 670. The number of allylic oxidation sites excluding steroid dienone is 7. The van der Waals surface area contributed by atoms with Crippen molar-refractivity contribution in [1.82, 2.24) is 0 Å². The van der Waals surface area contributed by atoms with Crippen LogP contribution in [0, 0.1) is 5.41 Å². The summed E-state index contributed by atoms with van der Waals surface area (Å²) >= 11 is 0. The molecule has 3 aliphatic rings. The molecule has 0 N–H and O–H groups in total. The highest BCUT2D eigenvalue weighted by atomic mass is 14.5. The van der Waals surface area contributed by atoms with Crippen LogP contribution in [0.25, 0.3) is 0 Å². The summed E-state index contributed by atoms with van der Waals surface area (Å²) in [5, 5.41) is 0. The minimum absolute atomic E-state index is 0.182. The van der Waals surface area contributed by atoms with E-state index in [2.05, 4.69) is 56.0 Å². The molecule has 20 heavy (non-hydrogen) atoms. The second-order valence-corrected chi connectivity index (χ2v) is 6.20. The Morgan fingerprint density at radius 2 is 1.70 bits per heavy atom. The first-order valence-electron chi connectivity index (χ1n) is 7.60. The van der Waals surface area contributed by atoms with Crippen LogP contribution in [-0.2, 0) is 12.8 Å². The summed E-state index contributed by atoms with van der Waals surface area (Å²) in [6.45, 7) is 6.57. The molecule has 0 aliphatic heterocycles. The molecule has 3 aliphatic carbocycles. The van der Waals surface area contributed by atoms with Gasteiger partial charge in [-0.05, 0) is 66.0 Å². The fraction of sp³-hybridized carbons (Fsp3) is 0.300. The van der Waals surface area contributed by atoms with Crippen LogP contribution in [0.3, 0.4) is 0 Å². The topological polar surface area (TPSA) is 0 Å². The molecule has 1 spiro atoms. The quantitative estimate of drug-likeness (QED) is 0.620. The van der Waals surface area contributed by atoms with Gasteiger partial charge in [-0.1, -0.05) is 49.1 Å². The normalized spacial score (nSPS) is 24.6. The maximum Gasteiger partial charge on any atom is 0.0289 e. The summed E-state index contributed by atoms with van der Waals surface area (Å²) in [4.78, 5) is 0. The van der Waals surface area contributed by atoms with Crippen molar-refractivity contribution in [3.05, 3.63) is 82.5 Å². The standard InChI is InChI=1S/C20H20/c1-3-18-14(2)17-10-6-7-11-19(17)20(18)12-15-8-4-5-9-16(15)13-20/h3-5,8-11H,2,6-7,12-13H2,1H3/b18-3+. The molecule has 0 nitrogen and oxygen atoms in total. The van der Waals surface area contributed by atoms with Crippen molar-refractivity contribution in [1.29, 1.82) is 0 Å². The summed E-state index contributed by atoms with van der Waals surface area (Å²) in [7, 11) is 0. The summed E-state index contributed by atoms with van der Waals surface area (Å²) in [5.41, 5.74) is 8.94. The van der Waals surface area contributed by atoms with Crippen molar-refractivity contribution in [2.75, 3.05) is 0 Å². The Hall–Kier alpha value is -1.82. The molecule has 0 saturated heterocycles. The van der Waals surface area contributed by atoms with E-state index in [1.165, 1.54) is 34.3 Å². The Morgan fingerprint density at radius 1 is 1.05 bits per heavy atom. The first-order chi connectivity index (χ1) is 9.76. The Kier molecular flexibility index (Phi) is 2.44. The van der Waals surface area contributed by atoms with Gasteiger partial charge in [0.25, 0.3) is 0 Å². The smallest absolute Gasteiger partial charge is 0.0289 e. The van der Waals surface area contributed by atoms with E-state index in [9.17, 15) is 0 Å². The minimum atomic E-state index is 0.182. The third-order valence-corrected chi connectivity index (χ3v) is 5.23. The van der Waals surface area contributed by atoms with Crippen molar-refractivity contribution in [2.24, 2.45) is 5.41 Å². The molecule has 0 aromatic heterocycles. The lowest BCUT2D eigenvalue weighted by atomic mass is 9.74. The number of hydrogen-bond donors (Lipinski definition) is 0. The molecule has 0 heterocycles. The zero-order chi connectivity index (χ0) is 13.7. The monoisotopic (exact) mass is 260 g/mol. The van der Waals surface area contributed by atoms with E-state index >= 15 is 0 Å². The summed E-state index contributed by atoms with van der Waals surface area (Å²) in [6, 6.07) is 8.93. The molecule has 0 radical (unpaired) electrons. The van der Waals surface area contributed by atoms with Gasteiger partial charge in [0.2, 0.25) is 0 Å². The second kappa shape index (κ2) is 4.09. The van der Waals surface area contributed by atoms with Crippen molar-refractivity contribution >= 4 is 0 Å². The molecular weight excluding hydrogens is 240 g/mol. The van der Waals surface area contributed by atoms with Crippen molar-refractivity contribution in [2.45, 2.75) is 32.6 Å². The molecule has 0 bridgehead atoms. The van der Waals surface area contributed by atoms with Gasteiger partial charge >= 0.3 is 0 Å². The average molecular weight is 260 g/mol. The molecule has 4 rings (SSSR count). The van der Waals surface area contributed by atoms with E-state index in [1.54, 1.807) is 5.57 Å². The first-order valence-corrected chi connectivity index (χ1v) is 7.60. The van der Waals surface area contributed by atoms with Crippen LogP contribution in [0.1, 0.15) is 30.9 Å². The minimum Gasteiger partial charge on any atom is -0.0909 e. The molecule has 100 valence electrons. The van der Waals surface area contributed by atoms with Gasteiger partial charge in [-0.15, -0.1) is 0 Å². The van der Waals surface area contributed by atoms with Crippen LogP contribution >= 0.6 is 0 Å². The van der Waals surface area contributed by atoms with Gasteiger partial charge < -0.3 is 0 Å². The SMILES string of the molecule is C=C1C2=CCCC=C2C2(Cc3ccccc3C2)/C1=C/C. The van der Waals surface area contributed by atoms with Crippen molar-refractivity contribution in [3.63, 3.8) is 0 Å². The predicted octanol–water partition coefficient (Wildman–Crippen LogP) is 4.93. The lowest BCUT2D eigenvalue weighted by molar-refractivity contribution is 0.489. The Morgan fingerprint density at radius 3 is 2.35 bits per heavy atom. The summed E-state index contributed by atoms with van der Waals surface area (Å²) in [6.07, 6.45) is 11.8. The molecular formula is C20H20.